The molecule has 0 bridgehead atoms. The van der Waals surface area contributed by atoms with Crippen molar-refractivity contribution in [3.05, 3.63) is 96.6 Å². The van der Waals surface area contributed by atoms with Gasteiger partial charge in [0.25, 0.3) is 0 Å². The topological polar surface area (TPSA) is 101 Å². The van der Waals surface area contributed by atoms with E-state index in [2.05, 4.69) is 45.2 Å². The Balaban J connectivity index is 1.95. The van der Waals surface area contributed by atoms with Gasteiger partial charge in [0.2, 0.25) is 0 Å². The van der Waals surface area contributed by atoms with Crippen LogP contribution < -0.4 is 0 Å². The van der Waals surface area contributed by atoms with Gasteiger partial charge in [0.15, 0.2) is 0 Å². The van der Waals surface area contributed by atoms with Gasteiger partial charge in [-0.15, -0.1) is 0 Å². The van der Waals surface area contributed by atoms with Gasteiger partial charge >= 0.3 is 0 Å². The van der Waals surface area contributed by atoms with E-state index in [0.29, 0.717) is 39.8 Å². The Morgan fingerprint density at radius 1 is 0.529 bits per heavy atom. The van der Waals surface area contributed by atoms with Crippen LogP contribution in [0, 0.1) is 7.14 Å². The minimum atomic E-state index is -0.504. The average molecular weight is 676 g/mol. The highest BCUT2D eigenvalue weighted by atomic mass is 127. The lowest BCUT2D eigenvalue weighted by molar-refractivity contribution is 0.467. The third-order valence-corrected chi connectivity index (χ3v) is 7.69. The highest BCUT2D eigenvalue weighted by molar-refractivity contribution is 14.1. The summed E-state index contributed by atoms with van der Waals surface area (Å²) in [6, 6.07) is 20.4. The average Bonchev–Trinajstić information content (AvgIpc) is 2.81. The maximum atomic E-state index is 10.8. The second kappa shape index (κ2) is 8.70. The highest BCUT2D eigenvalue weighted by Crippen LogP contribution is 2.47. The Bertz CT molecular complexity index is 1480. The molecule has 5 N–H and O–H groups in total. The van der Waals surface area contributed by atoms with E-state index in [-0.39, 0.29) is 28.7 Å². The van der Waals surface area contributed by atoms with Crippen molar-refractivity contribution >= 4 is 66.7 Å². The predicted molar refractivity (Wildman–Crippen MR) is 149 cm³/mol. The van der Waals surface area contributed by atoms with Crippen LogP contribution in [-0.2, 0) is 0 Å². The number of aromatic hydroxyl groups is 5. The SMILES string of the molecule is Oc1c(I)cc(C(c2ccc(O)c3cccc(O)c23)c2ccc(O)c3cccc(O)c23)cc1I. The molecule has 0 atom stereocenters. The Morgan fingerprint density at radius 3 is 1.41 bits per heavy atom. The van der Waals surface area contributed by atoms with Gasteiger partial charge < -0.3 is 25.5 Å². The Morgan fingerprint density at radius 2 is 0.971 bits per heavy atom. The first-order valence-electron chi connectivity index (χ1n) is 10.3. The largest absolute Gasteiger partial charge is 0.507 e. The summed E-state index contributed by atoms with van der Waals surface area (Å²) < 4.78 is 1.31. The molecule has 0 amide bonds. The molecule has 0 saturated heterocycles. The monoisotopic (exact) mass is 676 g/mol. The van der Waals surface area contributed by atoms with Crippen molar-refractivity contribution in [3.8, 4) is 28.7 Å². The molecule has 0 aliphatic rings. The summed E-state index contributed by atoms with van der Waals surface area (Å²) in [4.78, 5) is 0. The number of hydrogen-bond donors (Lipinski definition) is 5. The van der Waals surface area contributed by atoms with E-state index in [0.717, 1.165) is 5.56 Å². The number of hydrogen-bond acceptors (Lipinski definition) is 5. The lowest BCUT2D eigenvalue weighted by atomic mass is 9.80. The molecular weight excluding hydrogens is 658 g/mol. The van der Waals surface area contributed by atoms with E-state index in [9.17, 15) is 25.5 Å². The van der Waals surface area contributed by atoms with E-state index in [1.807, 2.05) is 12.1 Å². The molecule has 7 heteroatoms. The molecule has 0 aromatic heterocycles. The number of rotatable bonds is 3. The zero-order valence-corrected chi connectivity index (χ0v) is 21.8. The Labute approximate surface area is 222 Å². The van der Waals surface area contributed by atoms with E-state index >= 15 is 0 Å². The van der Waals surface area contributed by atoms with Gasteiger partial charge in [-0.2, -0.15) is 0 Å². The number of fused-ring (bicyclic) bond motifs is 2. The fourth-order valence-corrected chi connectivity index (χ4v) is 6.37. The summed E-state index contributed by atoms with van der Waals surface area (Å²) in [7, 11) is 0. The van der Waals surface area contributed by atoms with Gasteiger partial charge in [-0.25, -0.2) is 0 Å². The quantitative estimate of drug-likeness (QED) is 0.106. The third-order valence-electron chi connectivity index (χ3n) is 6.05. The summed E-state index contributed by atoms with van der Waals surface area (Å²) in [6.07, 6.45) is 0. The van der Waals surface area contributed by atoms with Gasteiger partial charge in [-0.05, 0) is 98.3 Å². The lowest BCUT2D eigenvalue weighted by Crippen LogP contribution is -2.06. The number of phenols is 5. The van der Waals surface area contributed by atoms with Crippen molar-refractivity contribution < 1.29 is 25.5 Å². The van der Waals surface area contributed by atoms with Gasteiger partial charge in [-0.1, -0.05) is 36.4 Å². The van der Waals surface area contributed by atoms with Crippen LogP contribution in [0.5, 0.6) is 28.7 Å². The molecular formula is C27H18I2O5. The van der Waals surface area contributed by atoms with Crippen LogP contribution in [0.1, 0.15) is 22.6 Å². The summed E-state index contributed by atoms with van der Waals surface area (Å²) in [6.45, 7) is 0. The van der Waals surface area contributed by atoms with E-state index in [4.69, 9.17) is 0 Å². The summed E-state index contributed by atoms with van der Waals surface area (Å²) >= 11 is 4.15. The molecule has 5 nitrogen and oxygen atoms in total. The van der Waals surface area contributed by atoms with E-state index in [1.165, 1.54) is 0 Å². The maximum Gasteiger partial charge on any atom is 0.142 e. The molecule has 0 unspecified atom stereocenters. The van der Waals surface area contributed by atoms with Gasteiger partial charge in [0.1, 0.15) is 28.7 Å². The number of phenolic OH excluding ortho intramolecular Hbond substituents is 5. The van der Waals surface area contributed by atoms with Crippen LogP contribution in [0.15, 0.2) is 72.8 Å². The zero-order chi connectivity index (χ0) is 24.1. The van der Waals surface area contributed by atoms with E-state index in [1.54, 1.807) is 60.7 Å². The molecule has 5 aromatic rings. The molecule has 5 aromatic carbocycles. The van der Waals surface area contributed by atoms with Crippen LogP contribution >= 0.6 is 45.2 Å². The first kappa shape index (κ1) is 22.9. The molecule has 0 heterocycles. The Hall–Kier alpha value is -2.92. The summed E-state index contributed by atoms with van der Waals surface area (Å²) in [5.41, 5.74) is 2.23. The molecule has 34 heavy (non-hydrogen) atoms. The minimum Gasteiger partial charge on any atom is -0.507 e. The summed E-state index contributed by atoms with van der Waals surface area (Å²) in [5, 5.41) is 55.1. The standard InChI is InChI=1S/C27H18I2O5/c28-18-11-13(12-19(29)27(18)34)24(16-7-9-20(30)14-3-1-5-22(32)25(14)16)17-8-10-21(31)15-4-2-6-23(33)26(15)17/h1-12,24,30-34H. The molecule has 170 valence electrons. The van der Waals surface area contributed by atoms with Crippen LogP contribution in [0.3, 0.4) is 0 Å². The number of halogens is 2. The van der Waals surface area contributed by atoms with Gasteiger partial charge in [-0.3, -0.25) is 0 Å². The van der Waals surface area contributed by atoms with Gasteiger partial charge in [0.05, 0.1) is 7.14 Å². The van der Waals surface area contributed by atoms with Crippen molar-refractivity contribution in [2.45, 2.75) is 5.92 Å². The fraction of sp³-hybridized carbons (Fsp3) is 0.0370. The molecule has 0 aliphatic heterocycles. The normalized spacial score (nSPS) is 11.5. The number of benzene rings is 5. The Kier molecular flexibility index (Phi) is 5.85. The predicted octanol–water partition coefficient (Wildman–Crippen LogP) is 6.91. The van der Waals surface area contributed by atoms with Crippen molar-refractivity contribution in [2.75, 3.05) is 0 Å². The maximum absolute atomic E-state index is 10.8. The third kappa shape index (κ3) is 3.67. The first-order chi connectivity index (χ1) is 16.3. The molecule has 0 fully saturated rings. The van der Waals surface area contributed by atoms with Crippen molar-refractivity contribution in [1.82, 2.24) is 0 Å². The van der Waals surface area contributed by atoms with E-state index < -0.39 is 5.92 Å². The van der Waals surface area contributed by atoms with Crippen LogP contribution in [-0.4, -0.2) is 25.5 Å². The highest BCUT2D eigenvalue weighted by Gasteiger charge is 2.26. The van der Waals surface area contributed by atoms with Crippen molar-refractivity contribution in [1.29, 1.82) is 0 Å². The molecule has 0 saturated carbocycles. The van der Waals surface area contributed by atoms with Crippen LogP contribution in [0.25, 0.3) is 21.5 Å². The molecule has 5 rings (SSSR count). The molecule has 0 aliphatic carbocycles. The van der Waals surface area contributed by atoms with Crippen molar-refractivity contribution in [2.24, 2.45) is 0 Å². The zero-order valence-electron chi connectivity index (χ0n) is 17.5. The van der Waals surface area contributed by atoms with Crippen LogP contribution in [0.2, 0.25) is 0 Å². The molecule has 0 spiro atoms. The lowest BCUT2D eigenvalue weighted by Gasteiger charge is -2.24. The first-order valence-corrected chi connectivity index (χ1v) is 12.5. The van der Waals surface area contributed by atoms with Gasteiger partial charge in [0, 0.05) is 27.5 Å². The molecule has 0 radical (unpaired) electrons. The van der Waals surface area contributed by atoms with Crippen LogP contribution in [0.4, 0.5) is 0 Å². The smallest absolute Gasteiger partial charge is 0.142 e. The second-order valence-electron chi connectivity index (χ2n) is 8.01. The second-order valence-corrected chi connectivity index (χ2v) is 10.3. The van der Waals surface area contributed by atoms with Crippen molar-refractivity contribution in [3.63, 3.8) is 0 Å². The fourth-order valence-electron chi connectivity index (χ4n) is 4.56. The summed E-state index contributed by atoms with van der Waals surface area (Å²) in [5.74, 6) is -0.202. The minimum absolute atomic E-state index is 0.0175.